The van der Waals surface area contributed by atoms with Crippen LogP contribution in [0.15, 0.2) is 18.2 Å². The normalized spacial score (nSPS) is 14.5. The fraction of sp³-hybridized carbons (Fsp3) is 0.719. The molecule has 2 aliphatic carbocycles. The number of unbranched alkanes of at least 4 members (excludes halogenated alkanes) is 2. The van der Waals surface area contributed by atoms with E-state index in [1.165, 1.54) is 58.9 Å². The van der Waals surface area contributed by atoms with Crippen molar-refractivity contribution >= 4 is 60.6 Å². The number of aldehydes is 1. The molecule has 0 spiro atoms. The summed E-state index contributed by atoms with van der Waals surface area (Å²) >= 11 is 0. The number of likely N-dealkylation sites (N-methyl/N-ethyl adjacent to an activating group) is 1. The van der Waals surface area contributed by atoms with Gasteiger partial charge in [-0.2, -0.15) is 0 Å². The lowest BCUT2D eigenvalue weighted by Crippen LogP contribution is -2.49. The molecule has 0 saturated heterocycles. The topological polar surface area (TPSA) is 303 Å². The van der Waals surface area contributed by atoms with Gasteiger partial charge in [0.05, 0.1) is 25.6 Å². The maximum Gasteiger partial charge on any atom is 0.308 e. The van der Waals surface area contributed by atoms with Crippen molar-refractivity contribution in [1.29, 1.82) is 0 Å². The zero-order valence-corrected chi connectivity index (χ0v) is 49.3. The Kier molecular flexibility index (Phi) is 49.2. The van der Waals surface area contributed by atoms with E-state index in [2.05, 4.69) is 64.9 Å². The standard InChI is InChI=1S/C17H28N2O5.C14H19N3O4.C13H22N2O4.C8H18O.C3H8.C2H6/c1-12(18-17(23)15(10-11-20)19-13(2)21)8-9-16(22)24-14-6-4-3-5-7-14;1-9-5-10(3-4-12(9)19)6-11(14(21)15-2)17-13(20)7-16-8-18;1-10(15-12(17)8-14-9-16)7-13(18)19-11-5-3-2-4-6-11;1-4-5-6-7-8(2)9-3;1-3-2;1-2/h11-12,14-15H,3-10H2,1-2H3,(H,18,23)(H,19,21);3-5,8,11,19H,6-7H2,1-2H3,(H,15,21)(H,16,18)(H,17,20);9-11H,2-8H2,1H3,(H,14,16)(H,15,17);8H,4-7H2,1-3H3;3H2,1-2H3;1-2H3/t12?,15-;;;;;/m0...../s1. The van der Waals surface area contributed by atoms with Crippen molar-refractivity contribution < 1.29 is 67.3 Å². The van der Waals surface area contributed by atoms with Crippen LogP contribution in [0.3, 0.4) is 0 Å². The van der Waals surface area contributed by atoms with Gasteiger partial charge in [0.25, 0.3) is 0 Å². The highest BCUT2D eigenvalue weighted by molar-refractivity contribution is 5.89. The maximum absolute atomic E-state index is 12.0. The number of methoxy groups -OCH3 is 1. The molecule has 2 saturated carbocycles. The number of phenolic OH excluding ortho intramolecular Hbond substituents is 1. The second-order valence-corrected chi connectivity index (χ2v) is 19.1. The summed E-state index contributed by atoms with van der Waals surface area (Å²) in [5, 5.41) is 26.8. The quantitative estimate of drug-likeness (QED) is 0.0271. The summed E-state index contributed by atoms with van der Waals surface area (Å²) in [4.78, 5) is 112. The summed E-state index contributed by atoms with van der Waals surface area (Å²) in [7, 11) is 3.25. The first-order valence-corrected chi connectivity index (χ1v) is 28.1. The van der Waals surface area contributed by atoms with Crippen LogP contribution in [-0.4, -0.2) is 135 Å². The molecular weight excluding hydrogens is 1010 g/mol. The molecule has 448 valence electrons. The molecule has 2 fully saturated rings. The number of ether oxygens (including phenoxy) is 3. The Labute approximate surface area is 466 Å². The minimum absolute atomic E-state index is 0.0351. The van der Waals surface area contributed by atoms with Crippen LogP contribution in [0.2, 0.25) is 0 Å². The van der Waals surface area contributed by atoms with E-state index in [-0.39, 0.29) is 98.5 Å². The molecule has 21 nitrogen and oxygen atoms in total. The first kappa shape index (κ1) is 76.1. The number of esters is 2. The van der Waals surface area contributed by atoms with Crippen molar-refractivity contribution in [3.8, 4) is 5.75 Å². The van der Waals surface area contributed by atoms with Crippen LogP contribution in [0.1, 0.15) is 195 Å². The van der Waals surface area contributed by atoms with E-state index >= 15 is 0 Å². The molecule has 0 bridgehead atoms. The molecule has 2 aliphatic rings. The van der Waals surface area contributed by atoms with E-state index in [0.29, 0.717) is 37.2 Å². The molecule has 78 heavy (non-hydrogen) atoms. The van der Waals surface area contributed by atoms with E-state index in [1.807, 2.05) is 13.8 Å². The average Bonchev–Trinajstić information content (AvgIpc) is 3.41. The van der Waals surface area contributed by atoms with Gasteiger partial charge in [0.15, 0.2) is 0 Å². The second-order valence-electron chi connectivity index (χ2n) is 19.1. The number of nitrogens with one attached hydrogen (secondary N) is 7. The molecule has 4 unspecified atom stereocenters. The molecule has 0 heterocycles. The van der Waals surface area contributed by atoms with Gasteiger partial charge in [-0.25, -0.2) is 0 Å². The largest absolute Gasteiger partial charge is 0.508 e. The van der Waals surface area contributed by atoms with Gasteiger partial charge in [0, 0.05) is 52.4 Å². The Morgan fingerprint density at radius 3 is 1.68 bits per heavy atom. The van der Waals surface area contributed by atoms with Crippen molar-refractivity contribution in [1.82, 2.24) is 37.2 Å². The highest BCUT2D eigenvalue weighted by Gasteiger charge is 2.24. The highest BCUT2D eigenvalue weighted by atomic mass is 16.5. The smallest absolute Gasteiger partial charge is 0.308 e. The molecule has 0 radical (unpaired) electrons. The summed E-state index contributed by atoms with van der Waals surface area (Å²) in [6.45, 7) is 18.9. The van der Waals surface area contributed by atoms with Gasteiger partial charge in [0.1, 0.15) is 36.3 Å². The van der Waals surface area contributed by atoms with Crippen molar-refractivity contribution in [3.05, 3.63) is 29.3 Å². The van der Waals surface area contributed by atoms with E-state index in [9.17, 15) is 53.1 Å². The van der Waals surface area contributed by atoms with Crippen molar-refractivity contribution in [2.75, 3.05) is 27.2 Å². The van der Waals surface area contributed by atoms with Gasteiger partial charge in [-0.15, -0.1) is 0 Å². The number of aromatic hydroxyl groups is 1. The highest BCUT2D eigenvalue weighted by Crippen LogP contribution is 2.22. The number of aryl methyl sites for hydroxylation is 1. The molecule has 8 N–H and O–H groups in total. The van der Waals surface area contributed by atoms with Gasteiger partial charge in [0.2, 0.25) is 42.4 Å². The maximum atomic E-state index is 12.0. The number of carbonyl (C=O) groups excluding carboxylic acids is 10. The van der Waals surface area contributed by atoms with Crippen LogP contribution in [-0.2, 0) is 68.6 Å². The molecule has 21 heteroatoms. The minimum atomic E-state index is -0.878. The summed E-state index contributed by atoms with van der Waals surface area (Å²) < 4.78 is 15.9. The van der Waals surface area contributed by atoms with Crippen LogP contribution in [0, 0.1) is 6.92 Å². The van der Waals surface area contributed by atoms with Gasteiger partial charge in [-0.05, 0) is 109 Å². The van der Waals surface area contributed by atoms with E-state index in [1.54, 1.807) is 46.1 Å². The van der Waals surface area contributed by atoms with Crippen LogP contribution >= 0.6 is 0 Å². The first-order valence-electron chi connectivity index (χ1n) is 28.1. The van der Waals surface area contributed by atoms with E-state index in [4.69, 9.17) is 14.2 Å². The molecule has 5 atom stereocenters. The fourth-order valence-electron chi connectivity index (χ4n) is 7.57. The first-order chi connectivity index (χ1) is 37.2. The average molecular weight is 1110 g/mol. The molecule has 1 aromatic carbocycles. The Hall–Kier alpha value is -6.12. The number of hydrogen-bond acceptors (Lipinski definition) is 14. The number of carbonyl (C=O) groups is 10. The van der Waals surface area contributed by atoms with E-state index < -0.39 is 23.9 Å². The summed E-state index contributed by atoms with van der Waals surface area (Å²) in [5.41, 5.74) is 1.50. The summed E-state index contributed by atoms with van der Waals surface area (Å²) in [6.07, 6.45) is 20.0. The number of phenols is 1. The van der Waals surface area contributed by atoms with E-state index in [0.717, 1.165) is 56.9 Å². The lowest BCUT2D eigenvalue weighted by molar-refractivity contribution is -0.152. The predicted octanol–water partition coefficient (Wildman–Crippen LogP) is 6.01. The molecule has 1 aromatic rings. The van der Waals surface area contributed by atoms with Crippen LogP contribution in [0.4, 0.5) is 0 Å². The fourth-order valence-corrected chi connectivity index (χ4v) is 7.57. The molecule has 3 rings (SSSR count). The van der Waals surface area contributed by atoms with Crippen LogP contribution in [0.5, 0.6) is 5.75 Å². The molecule has 0 aliphatic heterocycles. The third-order valence-corrected chi connectivity index (χ3v) is 11.7. The molecule has 7 amide bonds. The van der Waals surface area contributed by atoms with Crippen molar-refractivity contribution in [2.45, 2.75) is 240 Å². The predicted molar refractivity (Wildman–Crippen MR) is 302 cm³/mol. The number of amides is 7. The second kappa shape index (κ2) is 50.4. The number of rotatable bonds is 28. The lowest BCUT2D eigenvalue weighted by Gasteiger charge is -2.22. The number of benzene rings is 1. The Balaban J connectivity index is -0.000000968. The minimum Gasteiger partial charge on any atom is -0.508 e. The molecular formula is C57H101N7O14. The number of hydrogen-bond donors (Lipinski definition) is 8. The monoisotopic (exact) mass is 1110 g/mol. The Morgan fingerprint density at radius 1 is 0.692 bits per heavy atom. The van der Waals surface area contributed by atoms with Gasteiger partial charge in [-0.3, -0.25) is 43.2 Å². The lowest BCUT2D eigenvalue weighted by atomic mass is 9.98. The van der Waals surface area contributed by atoms with Crippen molar-refractivity contribution in [3.63, 3.8) is 0 Å². The Bertz CT molecular complexity index is 1830. The van der Waals surface area contributed by atoms with Gasteiger partial charge >= 0.3 is 11.9 Å². The van der Waals surface area contributed by atoms with Crippen molar-refractivity contribution in [2.24, 2.45) is 0 Å². The third kappa shape index (κ3) is 42.9. The Morgan fingerprint density at radius 2 is 1.22 bits per heavy atom. The van der Waals surface area contributed by atoms with Gasteiger partial charge < -0.3 is 61.3 Å². The van der Waals surface area contributed by atoms with Crippen LogP contribution < -0.4 is 37.2 Å². The van der Waals surface area contributed by atoms with Crippen LogP contribution in [0.25, 0.3) is 0 Å². The van der Waals surface area contributed by atoms with Gasteiger partial charge in [-0.1, -0.05) is 85.3 Å². The zero-order chi connectivity index (χ0) is 59.7. The zero-order valence-electron chi connectivity index (χ0n) is 49.3. The molecule has 0 aromatic heterocycles. The third-order valence-electron chi connectivity index (χ3n) is 11.7. The SMILES string of the molecule is CC.CC(=O)N[C@@H](CC=O)C(=O)NC(C)CCC(=O)OC1CCCCC1.CC(CC(=O)OC1CCCCC1)NC(=O)CNC=O.CCC.CCCCCC(C)OC.CNC(=O)C(Cc1ccc(O)c(C)c1)NC(=O)CNC=O. The summed E-state index contributed by atoms with van der Waals surface area (Å²) in [5.74, 6) is -2.24. The summed E-state index contributed by atoms with van der Waals surface area (Å²) in [6, 6.07) is 2.81.